The molecule has 0 bridgehead atoms. The van der Waals surface area contributed by atoms with Gasteiger partial charge in [-0.2, -0.15) is 0 Å². The number of fused-ring (bicyclic) bond motifs is 1. The molecule has 1 aliphatic rings. The van der Waals surface area contributed by atoms with Crippen molar-refractivity contribution in [2.75, 3.05) is 58.0 Å². The summed E-state index contributed by atoms with van der Waals surface area (Å²) in [5.74, 6) is 1.02. The molecule has 4 rings (SSSR count). The highest BCUT2D eigenvalue weighted by atomic mass is 32.1. The lowest BCUT2D eigenvalue weighted by Gasteiger charge is -2.29. The molecule has 0 radical (unpaired) electrons. The molecule has 0 N–H and O–H groups in total. The minimum Gasteiger partial charge on any atom is -0.493 e. The number of thiazole rings is 1. The van der Waals surface area contributed by atoms with Gasteiger partial charge in [-0.05, 0) is 43.2 Å². The van der Waals surface area contributed by atoms with Crippen molar-refractivity contribution in [2.45, 2.75) is 13.8 Å². The molecular formula is C24H29N3O4S. The van der Waals surface area contributed by atoms with Crippen molar-refractivity contribution < 1.29 is 19.0 Å². The van der Waals surface area contributed by atoms with Gasteiger partial charge < -0.3 is 14.2 Å². The van der Waals surface area contributed by atoms with Crippen LogP contribution in [0.15, 0.2) is 36.4 Å². The molecule has 2 aromatic carbocycles. The molecule has 3 aromatic rings. The molecule has 1 fully saturated rings. The molecule has 2 heterocycles. The van der Waals surface area contributed by atoms with Crippen LogP contribution in [-0.2, 0) is 9.53 Å². The molecule has 0 aliphatic carbocycles. The summed E-state index contributed by atoms with van der Waals surface area (Å²) in [5, 5.41) is 0.704. The van der Waals surface area contributed by atoms with Crippen LogP contribution in [0.2, 0.25) is 0 Å². The number of carbonyl (C=O) groups excluding carboxylic acids is 1. The van der Waals surface area contributed by atoms with Gasteiger partial charge in [0.2, 0.25) is 0 Å². The summed E-state index contributed by atoms with van der Waals surface area (Å²) in [4.78, 5) is 22.2. The second-order valence-corrected chi connectivity index (χ2v) is 8.80. The van der Waals surface area contributed by atoms with Gasteiger partial charge in [0.15, 0.2) is 23.2 Å². The summed E-state index contributed by atoms with van der Waals surface area (Å²) in [6.07, 6.45) is 0. The van der Waals surface area contributed by atoms with E-state index in [0.29, 0.717) is 23.2 Å². The highest BCUT2D eigenvalue weighted by molar-refractivity contribution is 7.22. The SMILES string of the molecule is COc1ccccc1OCC(=O)N(CCN1CCOCC1)c1nc2c(C)c(C)ccc2s1. The largest absolute Gasteiger partial charge is 0.493 e. The Balaban J connectivity index is 1.55. The summed E-state index contributed by atoms with van der Waals surface area (Å²) in [5.41, 5.74) is 3.30. The number of amides is 1. The maximum absolute atomic E-state index is 13.3. The van der Waals surface area contributed by atoms with Gasteiger partial charge >= 0.3 is 0 Å². The number of ether oxygens (including phenoxy) is 3. The number of hydrogen-bond donors (Lipinski definition) is 0. The maximum atomic E-state index is 13.3. The highest BCUT2D eigenvalue weighted by Gasteiger charge is 2.23. The molecule has 8 heteroatoms. The normalized spacial score (nSPS) is 14.5. The van der Waals surface area contributed by atoms with E-state index in [9.17, 15) is 4.79 Å². The zero-order chi connectivity index (χ0) is 22.5. The highest BCUT2D eigenvalue weighted by Crippen LogP contribution is 2.32. The predicted octanol–water partition coefficient (Wildman–Crippen LogP) is 3.67. The summed E-state index contributed by atoms with van der Waals surface area (Å²) >= 11 is 1.54. The first kappa shape index (κ1) is 22.5. The number of aromatic nitrogens is 1. The van der Waals surface area contributed by atoms with Gasteiger partial charge in [-0.25, -0.2) is 4.98 Å². The first-order valence-electron chi connectivity index (χ1n) is 10.8. The Morgan fingerprint density at radius 3 is 2.66 bits per heavy atom. The van der Waals surface area contributed by atoms with E-state index in [1.54, 1.807) is 29.4 Å². The van der Waals surface area contributed by atoms with Crippen LogP contribution in [-0.4, -0.2) is 68.9 Å². The van der Waals surface area contributed by atoms with Gasteiger partial charge in [0.05, 0.1) is 30.5 Å². The molecule has 0 spiro atoms. The molecule has 1 aliphatic heterocycles. The first-order chi connectivity index (χ1) is 15.6. The van der Waals surface area contributed by atoms with E-state index in [0.717, 1.165) is 48.6 Å². The average Bonchev–Trinajstić information content (AvgIpc) is 3.26. The number of nitrogens with zero attached hydrogens (tertiary/aromatic N) is 3. The van der Waals surface area contributed by atoms with Gasteiger partial charge in [0.1, 0.15) is 0 Å². The zero-order valence-electron chi connectivity index (χ0n) is 18.8. The Morgan fingerprint density at radius 1 is 1.16 bits per heavy atom. The van der Waals surface area contributed by atoms with Crippen LogP contribution in [0, 0.1) is 13.8 Å². The smallest absolute Gasteiger partial charge is 0.266 e. The van der Waals surface area contributed by atoms with Gasteiger partial charge in [-0.15, -0.1) is 0 Å². The van der Waals surface area contributed by atoms with Gasteiger partial charge in [-0.1, -0.05) is 29.5 Å². The summed E-state index contributed by atoms with van der Waals surface area (Å²) in [7, 11) is 1.59. The number of carbonyl (C=O) groups is 1. The zero-order valence-corrected chi connectivity index (χ0v) is 19.6. The number of benzene rings is 2. The Hall–Kier alpha value is -2.68. The van der Waals surface area contributed by atoms with Crippen LogP contribution in [0.5, 0.6) is 11.5 Å². The average molecular weight is 456 g/mol. The second kappa shape index (κ2) is 10.3. The molecule has 1 aromatic heterocycles. The Labute approximate surface area is 192 Å². The van der Waals surface area contributed by atoms with Crippen LogP contribution in [0.4, 0.5) is 5.13 Å². The van der Waals surface area contributed by atoms with E-state index in [2.05, 4.69) is 30.9 Å². The molecule has 0 unspecified atom stereocenters. The number of methoxy groups -OCH3 is 1. The minimum absolute atomic E-state index is 0.0859. The monoisotopic (exact) mass is 455 g/mol. The Bertz CT molecular complexity index is 1080. The third-order valence-electron chi connectivity index (χ3n) is 5.77. The Morgan fingerprint density at radius 2 is 1.91 bits per heavy atom. The van der Waals surface area contributed by atoms with Gasteiger partial charge in [0, 0.05) is 26.2 Å². The van der Waals surface area contributed by atoms with Crippen LogP contribution in [0.1, 0.15) is 11.1 Å². The van der Waals surface area contributed by atoms with Crippen LogP contribution in [0.25, 0.3) is 10.2 Å². The maximum Gasteiger partial charge on any atom is 0.266 e. The number of aryl methyl sites for hydroxylation is 2. The number of para-hydroxylation sites is 2. The van der Waals surface area contributed by atoms with Crippen molar-refractivity contribution in [3.63, 3.8) is 0 Å². The molecule has 32 heavy (non-hydrogen) atoms. The van der Waals surface area contributed by atoms with E-state index >= 15 is 0 Å². The lowest BCUT2D eigenvalue weighted by Crippen LogP contribution is -2.44. The first-order valence-corrected chi connectivity index (χ1v) is 11.6. The fraction of sp³-hybridized carbons (Fsp3) is 0.417. The molecule has 0 atom stereocenters. The van der Waals surface area contributed by atoms with E-state index in [4.69, 9.17) is 19.2 Å². The minimum atomic E-state index is -0.127. The van der Waals surface area contributed by atoms with Crippen LogP contribution < -0.4 is 14.4 Å². The van der Waals surface area contributed by atoms with Crippen molar-refractivity contribution in [3.8, 4) is 11.5 Å². The summed E-state index contributed by atoms with van der Waals surface area (Å²) in [6.45, 7) is 8.58. The molecule has 1 amide bonds. The summed E-state index contributed by atoms with van der Waals surface area (Å²) in [6, 6.07) is 11.5. The number of rotatable bonds is 8. The number of hydrogen-bond acceptors (Lipinski definition) is 7. The van der Waals surface area contributed by atoms with Crippen LogP contribution >= 0.6 is 11.3 Å². The van der Waals surface area contributed by atoms with E-state index < -0.39 is 0 Å². The van der Waals surface area contributed by atoms with Crippen molar-refractivity contribution in [2.24, 2.45) is 0 Å². The van der Waals surface area contributed by atoms with Gasteiger partial charge in [-0.3, -0.25) is 14.6 Å². The van der Waals surface area contributed by atoms with Crippen molar-refractivity contribution in [1.29, 1.82) is 0 Å². The molecule has 7 nitrogen and oxygen atoms in total. The second-order valence-electron chi connectivity index (χ2n) is 7.79. The van der Waals surface area contributed by atoms with Crippen molar-refractivity contribution in [3.05, 3.63) is 47.5 Å². The standard InChI is InChI=1S/C24H29N3O4S/c1-17-8-9-21-23(18(17)2)25-24(32-21)27(11-10-26-12-14-30-15-13-26)22(28)16-31-20-7-5-4-6-19(20)29-3/h4-9H,10-16H2,1-3H3. The fourth-order valence-corrected chi connectivity index (χ4v) is 4.75. The lowest BCUT2D eigenvalue weighted by molar-refractivity contribution is -0.120. The predicted molar refractivity (Wildman–Crippen MR) is 127 cm³/mol. The molecule has 170 valence electrons. The third-order valence-corrected chi connectivity index (χ3v) is 6.81. The molecular weight excluding hydrogens is 426 g/mol. The van der Waals surface area contributed by atoms with E-state index in [1.807, 2.05) is 18.2 Å². The van der Waals surface area contributed by atoms with E-state index in [1.165, 1.54) is 5.56 Å². The fourth-order valence-electron chi connectivity index (χ4n) is 3.68. The van der Waals surface area contributed by atoms with Crippen molar-refractivity contribution in [1.82, 2.24) is 9.88 Å². The number of anilines is 1. The van der Waals surface area contributed by atoms with Crippen molar-refractivity contribution >= 4 is 32.6 Å². The number of morpholine rings is 1. The third kappa shape index (κ3) is 5.03. The molecule has 0 saturated carbocycles. The van der Waals surface area contributed by atoms with E-state index in [-0.39, 0.29) is 12.5 Å². The topological polar surface area (TPSA) is 64.1 Å². The van der Waals surface area contributed by atoms with Gasteiger partial charge in [0.25, 0.3) is 5.91 Å². The van der Waals surface area contributed by atoms with Crippen LogP contribution in [0.3, 0.4) is 0 Å². The quantitative estimate of drug-likeness (QED) is 0.517. The summed E-state index contributed by atoms with van der Waals surface area (Å²) < 4.78 is 17.7. The Kier molecular flexibility index (Phi) is 7.24. The lowest BCUT2D eigenvalue weighted by atomic mass is 10.1. The molecule has 1 saturated heterocycles.